The molecule has 0 amide bonds. The van der Waals surface area contributed by atoms with E-state index in [1.54, 1.807) is 9.12 Å². The van der Waals surface area contributed by atoms with Crippen molar-refractivity contribution in [3.8, 4) is 0 Å². The minimum absolute atomic E-state index is 0. The molecule has 0 aliphatic rings. The third-order valence-corrected chi connectivity index (χ3v) is 0. The van der Waals surface area contributed by atoms with Crippen LogP contribution in [0, 0.1) is 0 Å². The van der Waals surface area contributed by atoms with E-state index in [9.17, 15) is 0 Å². The number of halogens is 5. The second-order valence-electron chi connectivity index (χ2n) is 0. The van der Waals surface area contributed by atoms with Crippen LogP contribution in [0.2, 0.25) is 0 Å². The Labute approximate surface area is 38.6 Å². The van der Waals surface area contributed by atoms with Crippen molar-refractivity contribution < 1.29 is 28.1 Å². The molecule has 0 radical (unpaired) electrons. The molecule has 0 aromatic rings. The molecular formula is H6F5OP. The molecule has 0 saturated carbocycles. The molecule has 0 aliphatic heterocycles. The van der Waals surface area contributed by atoms with Gasteiger partial charge >= 0.3 is 0 Å². The Morgan fingerprint density at radius 1 is 0.571 bits per heavy atom. The van der Waals surface area contributed by atoms with E-state index < -0.39 is 0 Å². The van der Waals surface area contributed by atoms with Gasteiger partial charge in [-0.1, -0.05) is 0 Å². The molecule has 0 aromatic heterocycles. The smallest absolute Gasteiger partial charge is 0.138 e. The van der Waals surface area contributed by atoms with E-state index in [-0.39, 0.29) is 23.5 Å². The Morgan fingerprint density at radius 3 is 0.571 bits per heavy atom. The van der Waals surface area contributed by atoms with E-state index in [2.05, 4.69) is 0 Å². The summed E-state index contributed by atoms with van der Waals surface area (Å²) in [6.45, 7) is 0. The molecule has 0 aromatic carbocycles. The lowest BCUT2D eigenvalue weighted by atomic mass is 16.0. The Hall–Kier alpha value is -0.250. The number of hydrogen-bond donors (Lipinski definition) is 0. The van der Waals surface area contributed by atoms with Gasteiger partial charge in [0.05, 0.1) is 0 Å². The highest BCUT2D eigenvalue weighted by atomic mass is 31.0. The number of rotatable bonds is 0. The van der Waals surface area contributed by atoms with Crippen LogP contribution >= 0.6 is 9.12 Å². The lowest BCUT2D eigenvalue weighted by Gasteiger charge is -0.807. The highest BCUT2D eigenvalue weighted by Gasteiger charge is 0.667. The Kier molecular flexibility index (Phi) is 118000. The van der Waals surface area contributed by atoms with Crippen LogP contribution in [-0.4, -0.2) is 0 Å². The zero-order chi connectivity index (χ0) is 2.00. The van der Waals surface area contributed by atoms with Crippen LogP contribution < -0.4 is 0 Å². The van der Waals surface area contributed by atoms with Crippen molar-refractivity contribution in [3.05, 3.63) is 0 Å². The standard InChI is InChI=1S/5FH.HOP/c;;;;;1-2/h5*1H;2H. The molecule has 0 heterocycles. The fourth-order valence-corrected chi connectivity index (χ4v) is 0. The first-order valence-corrected chi connectivity index (χ1v) is 0.612. The molecule has 1 nitrogen and oxygen atoms in total. The van der Waals surface area contributed by atoms with Crippen molar-refractivity contribution in [1.82, 2.24) is 0 Å². The molecule has 0 N–H and O–H groups in total. The third kappa shape index (κ3) is 1290. The van der Waals surface area contributed by atoms with Gasteiger partial charge in [-0.25, -0.2) is 0 Å². The van der Waals surface area contributed by atoms with E-state index in [0.717, 1.165) is 0 Å². The van der Waals surface area contributed by atoms with E-state index in [4.69, 9.17) is 4.57 Å². The topological polar surface area (TPSA) is 17.1 Å². The monoisotopic (exact) mass is 148 g/mol. The minimum Gasteiger partial charge on any atom is -0.279 e. The van der Waals surface area contributed by atoms with Crippen molar-refractivity contribution in [3.63, 3.8) is 0 Å². The van der Waals surface area contributed by atoms with E-state index in [1.807, 2.05) is 0 Å². The van der Waals surface area contributed by atoms with Gasteiger partial charge in [-0.3, -0.25) is 28.1 Å². The first kappa shape index (κ1) is 397. The summed E-state index contributed by atoms with van der Waals surface area (Å²) in [7, 11) is 1.72. The van der Waals surface area contributed by atoms with Crippen LogP contribution in [0.4, 0.5) is 23.5 Å². The van der Waals surface area contributed by atoms with Gasteiger partial charge in [0.2, 0.25) is 0 Å². The van der Waals surface area contributed by atoms with Gasteiger partial charge in [0.25, 0.3) is 0 Å². The molecule has 0 fully saturated rings. The molecule has 0 atom stereocenters. The van der Waals surface area contributed by atoms with Crippen LogP contribution in [0.5, 0.6) is 0 Å². The average molecular weight is 148 g/mol. The van der Waals surface area contributed by atoms with E-state index in [1.165, 1.54) is 0 Å². The van der Waals surface area contributed by atoms with Gasteiger partial charge in [0.1, 0.15) is 9.12 Å². The fraction of sp³-hybridized carbons (Fsp3) is 0. The van der Waals surface area contributed by atoms with Crippen LogP contribution in [0.25, 0.3) is 0 Å². The van der Waals surface area contributed by atoms with Gasteiger partial charge in [-0.2, -0.15) is 0 Å². The second-order valence-corrected chi connectivity index (χ2v) is 0. The van der Waals surface area contributed by atoms with Gasteiger partial charge in [0.15, 0.2) is 0 Å². The predicted octanol–water partition coefficient (Wildman–Crippen LogP) is 1.24. The minimum atomic E-state index is 0. The molecular weight excluding hydrogens is 142 g/mol. The third-order valence-electron chi connectivity index (χ3n) is 0. The summed E-state index contributed by atoms with van der Waals surface area (Å²) in [4.78, 5) is 0. The van der Waals surface area contributed by atoms with Crippen molar-refractivity contribution >= 4 is 9.12 Å². The lowest BCUT2D eigenvalue weighted by molar-refractivity contribution is 0.607. The Bertz CT molecular complexity index is 8.04. The normalized spacial score (nSPS) is 0.571. The highest BCUT2D eigenvalue weighted by molar-refractivity contribution is 7.00. The van der Waals surface area contributed by atoms with Gasteiger partial charge in [-0.05, 0) is 0 Å². The van der Waals surface area contributed by atoms with Crippen LogP contribution in [0.1, 0.15) is 0 Å². The maximum Gasteiger partial charge on any atom is 0.138 e. The molecule has 0 saturated heterocycles. The SMILES string of the molecule is F.F.F.F.F.O=P. The highest BCUT2D eigenvalue weighted by Crippen LogP contribution is 1.23. The summed E-state index contributed by atoms with van der Waals surface area (Å²) >= 11 is 0. The number of hydrogen-bond acceptors (Lipinski definition) is 1. The van der Waals surface area contributed by atoms with E-state index >= 15 is 0 Å². The quantitative estimate of drug-likeness (QED) is 0.373. The van der Waals surface area contributed by atoms with Crippen molar-refractivity contribution in [2.45, 2.75) is 0 Å². The lowest BCUT2D eigenvalue weighted by Crippen LogP contribution is -0.489. The summed E-state index contributed by atoms with van der Waals surface area (Å²) in [6, 6.07) is 0. The molecule has 0 rings (SSSR count). The summed E-state index contributed by atoms with van der Waals surface area (Å²) in [5.41, 5.74) is 0. The van der Waals surface area contributed by atoms with Gasteiger partial charge in [-0.15, -0.1) is 0 Å². The van der Waals surface area contributed by atoms with Gasteiger partial charge in [0, 0.05) is 0 Å². The Morgan fingerprint density at radius 2 is 0.571 bits per heavy atom. The molecule has 0 aliphatic carbocycles. The summed E-state index contributed by atoms with van der Waals surface area (Å²) in [6.07, 6.45) is 0. The first-order valence-electron chi connectivity index (χ1n) is 0.204. The molecule has 0 bridgehead atoms. The first-order chi connectivity index (χ1) is 1.00. The predicted molar refractivity (Wildman–Crippen MR) is 21.5 cm³/mol. The zero-order valence-corrected chi connectivity index (χ0v) is 3.95. The molecule has 7 heavy (non-hydrogen) atoms. The maximum atomic E-state index is 8.06. The molecule has 0 unspecified atom stereocenters. The van der Waals surface area contributed by atoms with E-state index in [0.29, 0.717) is 0 Å². The molecule has 0 spiro atoms. The van der Waals surface area contributed by atoms with Crippen molar-refractivity contribution in [2.75, 3.05) is 0 Å². The van der Waals surface area contributed by atoms with Crippen molar-refractivity contribution in [2.24, 2.45) is 0 Å². The zero-order valence-electron chi connectivity index (χ0n) is 2.95. The molecule has 7 heteroatoms. The summed E-state index contributed by atoms with van der Waals surface area (Å²) < 4.78 is 8.06. The summed E-state index contributed by atoms with van der Waals surface area (Å²) in [5.74, 6) is 0. The fourth-order valence-electron chi connectivity index (χ4n) is 0. The van der Waals surface area contributed by atoms with Crippen LogP contribution in [0.3, 0.4) is 0 Å². The van der Waals surface area contributed by atoms with Crippen LogP contribution in [-0.2, 0) is 4.57 Å². The van der Waals surface area contributed by atoms with Gasteiger partial charge < -0.3 is 0 Å². The average Bonchev–Trinajstić information content (AvgIpc) is 1.00. The second kappa shape index (κ2) is 2080. The van der Waals surface area contributed by atoms with Crippen molar-refractivity contribution in [1.29, 1.82) is 0 Å². The largest absolute Gasteiger partial charge is 0.279 e. The van der Waals surface area contributed by atoms with Crippen LogP contribution in [0.15, 0.2) is 0 Å². The maximum absolute atomic E-state index is 8.06. The molecule has 52 valence electrons. The Balaban J connectivity index is -0.000000000500. The summed E-state index contributed by atoms with van der Waals surface area (Å²) in [5, 5.41) is 0.